The molecule has 0 heterocycles. The monoisotopic (exact) mass is 247 g/mol. The molecule has 1 aliphatic carbocycles. The zero-order valence-corrected chi connectivity index (χ0v) is 11.3. The molecule has 18 heavy (non-hydrogen) atoms. The van der Waals surface area contributed by atoms with Gasteiger partial charge in [-0.1, -0.05) is 17.7 Å². The molecule has 1 amide bonds. The number of aryl methyl sites for hydroxylation is 2. The quantitative estimate of drug-likeness (QED) is 0.885. The standard InChI is InChI=1S/C15H21NO2/c1-10-4-7-13(11(2)8-10)15(18)16(3)9-14(17)12-5-6-12/h4,7-8,12,14,17H,5-6,9H2,1-3H3. The van der Waals surface area contributed by atoms with Gasteiger partial charge in [0.2, 0.25) is 0 Å². The fourth-order valence-corrected chi connectivity index (χ4v) is 2.25. The van der Waals surface area contributed by atoms with Gasteiger partial charge in [0.15, 0.2) is 0 Å². The zero-order chi connectivity index (χ0) is 13.3. The summed E-state index contributed by atoms with van der Waals surface area (Å²) in [6.07, 6.45) is 1.81. The van der Waals surface area contributed by atoms with E-state index < -0.39 is 0 Å². The van der Waals surface area contributed by atoms with E-state index in [1.165, 1.54) is 0 Å². The molecular weight excluding hydrogens is 226 g/mol. The van der Waals surface area contributed by atoms with Crippen molar-refractivity contribution < 1.29 is 9.90 Å². The molecule has 1 aromatic rings. The van der Waals surface area contributed by atoms with Crippen molar-refractivity contribution in [3.8, 4) is 0 Å². The van der Waals surface area contributed by atoms with Crippen LogP contribution in [0.4, 0.5) is 0 Å². The number of amides is 1. The van der Waals surface area contributed by atoms with E-state index in [0.717, 1.165) is 29.5 Å². The first-order valence-electron chi connectivity index (χ1n) is 6.50. The van der Waals surface area contributed by atoms with Crippen molar-refractivity contribution in [1.29, 1.82) is 0 Å². The van der Waals surface area contributed by atoms with Crippen LogP contribution in [0.1, 0.15) is 34.3 Å². The number of likely N-dealkylation sites (N-methyl/N-ethyl adjacent to an activating group) is 1. The molecule has 0 spiro atoms. The Morgan fingerprint density at radius 2 is 2.11 bits per heavy atom. The van der Waals surface area contributed by atoms with E-state index in [-0.39, 0.29) is 12.0 Å². The first-order chi connectivity index (χ1) is 8.49. The van der Waals surface area contributed by atoms with Crippen LogP contribution in [0.25, 0.3) is 0 Å². The number of aliphatic hydroxyl groups is 1. The lowest BCUT2D eigenvalue weighted by Crippen LogP contribution is -2.35. The van der Waals surface area contributed by atoms with E-state index in [9.17, 15) is 9.90 Å². The van der Waals surface area contributed by atoms with Gasteiger partial charge in [0.1, 0.15) is 0 Å². The molecule has 1 saturated carbocycles. The summed E-state index contributed by atoms with van der Waals surface area (Å²) >= 11 is 0. The van der Waals surface area contributed by atoms with Crippen molar-refractivity contribution in [2.75, 3.05) is 13.6 Å². The Kier molecular flexibility index (Phi) is 3.71. The Bertz CT molecular complexity index is 452. The third-order valence-electron chi connectivity index (χ3n) is 3.59. The van der Waals surface area contributed by atoms with Crippen LogP contribution < -0.4 is 0 Å². The summed E-state index contributed by atoms with van der Waals surface area (Å²) in [5.74, 6) is 0.395. The van der Waals surface area contributed by atoms with E-state index in [1.807, 2.05) is 32.0 Å². The van der Waals surface area contributed by atoms with Crippen molar-refractivity contribution in [1.82, 2.24) is 4.90 Å². The van der Waals surface area contributed by atoms with E-state index in [2.05, 4.69) is 0 Å². The lowest BCUT2D eigenvalue weighted by Gasteiger charge is -2.21. The number of hydrogen-bond acceptors (Lipinski definition) is 2. The average Bonchev–Trinajstić information content (AvgIpc) is 3.11. The van der Waals surface area contributed by atoms with Crippen LogP contribution in [0.3, 0.4) is 0 Å². The van der Waals surface area contributed by atoms with Crippen molar-refractivity contribution in [3.05, 3.63) is 34.9 Å². The Hall–Kier alpha value is -1.35. The van der Waals surface area contributed by atoms with Crippen molar-refractivity contribution in [2.45, 2.75) is 32.8 Å². The summed E-state index contributed by atoms with van der Waals surface area (Å²) in [5, 5.41) is 9.87. The molecule has 3 nitrogen and oxygen atoms in total. The molecule has 0 aliphatic heterocycles. The number of rotatable bonds is 4. The minimum Gasteiger partial charge on any atom is -0.391 e. The van der Waals surface area contributed by atoms with E-state index >= 15 is 0 Å². The summed E-state index contributed by atoms with van der Waals surface area (Å²) in [7, 11) is 1.76. The number of benzene rings is 1. The van der Waals surface area contributed by atoms with Gasteiger partial charge < -0.3 is 10.0 Å². The van der Waals surface area contributed by atoms with Gasteiger partial charge in [-0.2, -0.15) is 0 Å². The lowest BCUT2D eigenvalue weighted by atomic mass is 10.0. The summed E-state index contributed by atoms with van der Waals surface area (Å²) in [6.45, 7) is 4.39. The summed E-state index contributed by atoms with van der Waals surface area (Å²) in [4.78, 5) is 13.9. The maximum Gasteiger partial charge on any atom is 0.253 e. The highest BCUT2D eigenvalue weighted by Gasteiger charge is 2.31. The Morgan fingerprint density at radius 1 is 1.44 bits per heavy atom. The molecule has 0 aromatic heterocycles. The van der Waals surface area contributed by atoms with Gasteiger partial charge in [-0.15, -0.1) is 0 Å². The zero-order valence-electron chi connectivity index (χ0n) is 11.3. The molecule has 0 bridgehead atoms. The Morgan fingerprint density at radius 3 is 2.67 bits per heavy atom. The molecule has 1 unspecified atom stereocenters. The molecule has 98 valence electrons. The maximum absolute atomic E-state index is 12.3. The van der Waals surface area contributed by atoms with Gasteiger partial charge in [0.25, 0.3) is 5.91 Å². The molecule has 3 heteroatoms. The van der Waals surface area contributed by atoms with E-state index in [4.69, 9.17) is 0 Å². The van der Waals surface area contributed by atoms with Crippen LogP contribution in [-0.2, 0) is 0 Å². The van der Waals surface area contributed by atoms with Crippen LogP contribution >= 0.6 is 0 Å². The smallest absolute Gasteiger partial charge is 0.253 e. The van der Waals surface area contributed by atoms with Crippen LogP contribution in [0, 0.1) is 19.8 Å². The van der Waals surface area contributed by atoms with Crippen molar-refractivity contribution in [2.24, 2.45) is 5.92 Å². The lowest BCUT2D eigenvalue weighted by molar-refractivity contribution is 0.0644. The number of carbonyl (C=O) groups is 1. The van der Waals surface area contributed by atoms with Crippen molar-refractivity contribution >= 4 is 5.91 Å². The van der Waals surface area contributed by atoms with Crippen LogP contribution in [0.5, 0.6) is 0 Å². The second-order valence-electron chi connectivity index (χ2n) is 5.41. The van der Waals surface area contributed by atoms with Crippen LogP contribution in [0.2, 0.25) is 0 Å². The highest BCUT2D eigenvalue weighted by molar-refractivity contribution is 5.95. The normalized spacial score (nSPS) is 16.4. The largest absolute Gasteiger partial charge is 0.391 e. The minimum atomic E-state index is -0.371. The van der Waals surface area contributed by atoms with Gasteiger partial charge in [0, 0.05) is 19.2 Å². The third-order valence-corrected chi connectivity index (χ3v) is 3.59. The first-order valence-corrected chi connectivity index (χ1v) is 6.50. The maximum atomic E-state index is 12.3. The molecule has 1 atom stereocenters. The molecule has 1 aromatic carbocycles. The summed E-state index contributed by atoms with van der Waals surface area (Å²) in [5.41, 5.74) is 2.88. The number of nitrogens with zero attached hydrogens (tertiary/aromatic N) is 1. The van der Waals surface area contributed by atoms with Gasteiger partial charge in [-0.05, 0) is 44.2 Å². The number of hydrogen-bond donors (Lipinski definition) is 1. The predicted octanol–water partition coefficient (Wildman–Crippen LogP) is 2.15. The Balaban J connectivity index is 2.04. The van der Waals surface area contributed by atoms with Gasteiger partial charge in [-0.3, -0.25) is 4.79 Å². The Labute approximate surface area is 108 Å². The van der Waals surface area contributed by atoms with Gasteiger partial charge >= 0.3 is 0 Å². The molecule has 0 saturated heterocycles. The van der Waals surface area contributed by atoms with Crippen LogP contribution in [0.15, 0.2) is 18.2 Å². The highest BCUT2D eigenvalue weighted by Crippen LogP contribution is 2.32. The van der Waals surface area contributed by atoms with Crippen molar-refractivity contribution in [3.63, 3.8) is 0 Å². The van der Waals surface area contributed by atoms with Gasteiger partial charge in [-0.25, -0.2) is 0 Å². The summed E-state index contributed by atoms with van der Waals surface area (Å²) in [6, 6.07) is 5.83. The molecule has 2 rings (SSSR count). The third kappa shape index (κ3) is 2.91. The van der Waals surface area contributed by atoms with E-state index in [0.29, 0.717) is 12.5 Å². The van der Waals surface area contributed by atoms with Crippen LogP contribution in [-0.4, -0.2) is 35.6 Å². The highest BCUT2D eigenvalue weighted by atomic mass is 16.3. The minimum absolute atomic E-state index is 0.00722. The fourth-order valence-electron chi connectivity index (χ4n) is 2.25. The number of carbonyl (C=O) groups excluding carboxylic acids is 1. The molecule has 1 aliphatic rings. The first kappa shape index (κ1) is 13.1. The molecule has 1 fully saturated rings. The molecule has 0 radical (unpaired) electrons. The fraction of sp³-hybridized carbons (Fsp3) is 0.533. The van der Waals surface area contributed by atoms with Gasteiger partial charge in [0.05, 0.1) is 6.10 Å². The summed E-state index contributed by atoms with van der Waals surface area (Å²) < 4.78 is 0. The SMILES string of the molecule is Cc1ccc(C(=O)N(C)CC(O)C2CC2)c(C)c1. The topological polar surface area (TPSA) is 40.5 Å². The van der Waals surface area contributed by atoms with E-state index in [1.54, 1.807) is 11.9 Å². The molecular formula is C15H21NO2. The second-order valence-corrected chi connectivity index (χ2v) is 5.41. The molecule has 1 N–H and O–H groups in total. The average molecular weight is 247 g/mol. The number of aliphatic hydroxyl groups excluding tert-OH is 1. The second kappa shape index (κ2) is 5.11. The predicted molar refractivity (Wildman–Crippen MR) is 71.6 cm³/mol.